The normalized spacial score (nSPS) is 11.0. The maximum absolute atomic E-state index is 5.71. The molecular formula is C14H13BrN4OS. The van der Waals surface area contributed by atoms with Gasteiger partial charge in [-0.15, -0.1) is 10.2 Å². The van der Waals surface area contributed by atoms with Crippen LogP contribution >= 0.6 is 27.7 Å². The number of benzene rings is 1. The predicted octanol–water partition coefficient (Wildman–Crippen LogP) is 4.01. The van der Waals surface area contributed by atoms with Gasteiger partial charge in [0.1, 0.15) is 0 Å². The van der Waals surface area contributed by atoms with Gasteiger partial charge in [0.25, 0.3) is 0 Å². The second kappa shape index (κ2) is 6.44. The molecule has 0 amide bonds. The number of halogens is 1. The first-order chi connectivity index (χ1) is 10.3. The second-order valence-electron chi connectivity index (χ2n) is 4.27. The number of hydrogen-bond acceptors (Lipinski definition) is 5. The summed E-state index contributed by atoms with van der Waals surface area (Å²) < 4.78 is 8.73. The minimum absolute atomic E-state index is 0.525. The third kappa shape index (κ3) is 3.19. The van der Waals surface area contributed by atoms with Gasteiger partial charge in [0, 0.05) is 23.4 Å². The van der Waals surface area contributed by atoms with E-state index in [1.54, 1.807) is 18.0 Å². The van der Waals surface area contributed by atoms with Gasteiger partial charge in [0.15, 0.2) is 5.16 Å². The first kappa shape index (κ1) is 14.3. The van der Waals surface area contributed by atoms with Crippen molar-refractivity contribution in [1.82, 2.24) is 19.7 Å². The van der Waals surface area contributed by atoms with E-state index in [1.165, 1.54) is 0 Å². The van der Waals surface area contributed by atoms with Crippen LogP contribution in [0.15, 0.2) is 50.7 Å². The third-order valence-electron chi connectivity index (χ3n) is 2.91. The SMILES string of the molecule is CCn1ccnc1SCc1nnc(-c2ccccc2Br)o1. The summed E-state index contributed by atoms with van der Waals surface area (Å²) in [5, 5.41) is 9.15. The highest BCUT2D eigenvalue weighted by Gasteiger charge is 2.12. The molecule has 0 aliphatic rings. The summed E-state index contributed by atoms with van der Waals surface area (Å²) in [6.45, 7) is 2.98. The molecule has 0 saturated carbocycles. The minimum Gasteiger partial charge on any atom is -0.420 e. The van der Waals surface area contributed by atoms with Crippen LogP contribution in [0.25, 0.3) is 11.5 Å². The van der Waals surface area contributed by atoms with Gasteiger partial charge in [0.2, 0.25) is 11.8 Å². The monoisotopic (exact) mass is 364 g/mol. The number of imidazole rings is 1. The van der Waals surface area contributed by atoms with Crippen molar-refractivity contribution in [3.05, 3.63) is 47.0 Å². The van der Waals surface area contributed by atoms with E-state index in [4.69, 9.17) is 4.42 Å². The Bertz CT molecular complexity index is 740. The quantitative estimate of drug-likeness (QED) is 0.640. The molecule has 0 spiro atoms. The van der Waals surface area contributed by atoms with E-state index >= 15 is 0 Å². The second-order valence-corrected chi connectivity index (χ2v) is 6.06. The molecule has 108 valence electrons. The van der Waals surface area contributed by atoms with E-state index in [9.17, 15) is 0 Å². The molecule has 0 bridgehead atoms. The molecule has 0 atom stereocenters. The van der Waals surface area contributed by atoms with E-state index in [-0.39, 0.29) is 0 Å². The number of aryl methyl sites for hydroxylation is 1. The standard InChI is InChI=1S/C14H13BrN4OS/c1-2-19-8-7-16-14(19)21-9-12-17-18-13(20-12)10-5-3-4-6-11(10)15/h3-8H,2,9H2,1H3. The fourth-order valence-electron chi connectivity index (χ4n) is 1.86. The van der Waals surface area contributed by atoms with Crippen molar-refractivity contribution in [3.8, 4) is 11.5 Å². The molecule has 21 heavy (non-hydrogen) atoms. The van der Waals surface area contributed by atoms with E-state index in [0.717, 1.165) is 21.7 Å². The molecule has 2 heterocycles. The van der Waals surface area contributed by atoms with Gasteiger partial charge >= 0.3 is 0 Å². The number of hydrogen-bond donors (Lipinski definition) is 0. The maximum atomic E-state index is 5.71. The molecular weight excluding hydrogens is 352 g/mol. The smallest absolute Gasteiger partial charge is 0.248 e. The molecule has 0 aliphatic heterocycles. The van der Waals surface area contributed by atoms with E-state index < -0.39 is 0 Å². The lowest BCUT2D eigenvalue weighted by Gasteiger charge is -2.01. The van der Waals surface area contributed by atoms with Gasteiger partial charge in [-0.2, -0.15) is 0 Å². The van der Waals surface area contributed by atoms with Crippen LogP contribution in [-0.2, 0) is 12.3 Å². The van der Waals surface area contributed by atoms with E-state index in [1.807, 2.05) is 30.5 Å². The maximum Gasteiger partial charge on any atom is 0.248 e. The molecule has 0 fully saturated rings. The van der Waals surface area contributed by atoms with Crippen molar-refractivity contribution in [1.29, 1.82) is 0 Å². The van der Waals surface area contributed by atoms with Crippen LogP contribution in [0.4, 0.5) is 0 Å². The van der Waals surface area contributed by atoms with Gasteiger partial charge in [-0.05, 0) is 35.0 Å². The lowest BCUT2D eigenvalue weighted by atomic mass is 10.2. The Balaban J connectivity index is 1.73. The van der Waals surface area contributed by atoms with Crippen molar-refractivity contribution in [2.75, 3.05) is 0 Å². The van der Waals surface area contributed by atoms with Gasteiger partial charge in [-0.1, -0.05) is 23.9 Å². The molecule has 0 saturated heterocycles. The van der Waals surface area contributed by atoms with Gasteiger partial charge in [0.05, 0.1) is 11.3 Å². The Hall–Kier alpha value is -1.60. The van der Waals surface area contributed by atoms with Crippen LogP contribution in [0.1, 0.15) is 12.8 Å². The fourth-order valence-corrected chi connectivity index (χ4v) is 3.17. The van der Waals surface area contributed by atoms with Crippen molar-refractivity contribution in [2.45, 2.75) is 24.4 Å². The Morgan fingerprint density at radius 3 is 2.95 bits per heavy atom. The molecule has 7 heteroatoms. The number of nitrogens with zero attached hydrogens (tertiary/aromatic N) is 4. The summed E-state index contributed by atoms with van der Waals surface area (Å²) in [6.07, 6.45) is 3.76. The molecule has 1 aromatic carbocycles. The Morgan fingerprint density at radius 2 is 2.14 bits per heavy atom. The Morgan fingerprint density at radius 1 is 1.29 bits per heavy atom. The summed E-state index contributed by atoms with van der Waals surface area (Å²) in [5.74, 6) is 1.72. The molecule has 0 aliphatic carbocycles. The average molecular weight is 365 g/mol. The van der Waals surface area contributed by atoms with E-state index in [0.29, 0.717) is 17.5 Å². The van der Waals surface area contributed by atoms with Crippen LogP contribution in [0.2, 0.25) is 0 Å². The average Bonchev–Trinajstić information content (AvgIpc) is 3.14. The fraction of sp³-hybridized carbons (Fsp3) is 0.214. The van der Waals surface area contributed by atoms with Crippen LogP contribution in [0, 0.1) is 0 Å². The first-order valence-electron chi connectivity index (χ1n) is 6.49. The molecule has 5 nitrogen and oxygen atoms in total. The van der Waals surface area contributed by atoms with Crippen LogP contribution < -0.4 is 0 Å². The molecule has 0 unspecified atom stereocenters. The molecule has 0 radical (unpaired) electrons. The largest absolute Gasteiger partial charge is 0.420 e. The van der Waals surface area contributed by atoms with Crippen molar-refractivity contribution in [3.63, 3.8) is 0 Å². The zero-order valence-corrected chi connectivity index (χ0v) is 13.8. The summed E-state index contributed by atoms with van der Waals surface area (Å²) in [5.41, 5.74) is 0.899. The summed E-state index contributed by atoms with van der Waals surface area (Å²) in [7, 11) is 0. The molecule has 2 aromatic heterocycles. The van der Waals surface area contributed by atoms with Crippen molar-refractivity contribution in [2.24, 2.45) is 0 Å². The minimum atomic E-state index is 0.525. The van der Waals surface area contributed by atoms with Crippen LogP contribution in [0.3, 0.4) is 0 Å². The summed E-state index contributed by atoms with van der Waals surface area (Å²) in [4.78, 5) is 4.31. The number of rotatable bonds is 5. The number of thioether (sulfide) groups is 1. The zero-order valence-electron chi connectivity index (χ0n) is 11.4. The topological polar surface area (TPSA) is 56.7 Å². The Labute approximate surface area is 134 Å². The molecule has 3 aromatic rings. The number of aromatic nitrogens is 4. The highest BCUT2D eigenvalue weighted by molar-refractivity contribution is 9.10. The highest BCUT2D eigenvalue weighted by atomic mass is 79.9. The summed E-state index contributed by atoms with van der Waals surface area (Å²) in [6, 6.07) is 7.78. The highest BCUT2D eigenvalue weighted by Crippen LogP contribution is 2.28. The van der Waals surface area contributed by atoms with Gasteiger partial charge in [-0.3, -0.25) is 0 Å². The van der Waals surface area contributed by atoms with Crippen LogP contribution in [0.5, 0.6) is 0 Å². The lowest BCUT2D eigenvalue weighted by molar-refractivity contribution is 0.527. The zero-order chi connectivity index (χ0) is 14.7. The van der Waals surface area contributed by atoms with E-state index in [2.05, 4.69) is 42.6 Å². The summed E-state index contributed by atoms with van der Waals surface area (Å²) >= 11 is 5.07. The lowest BCUT2D eigenvalue weighted by Crippen LogP contribution is -1.94. The van der Waals surface area contributed by atoms with Gasteiger partial charge < -0.3 is 8.98 Å². The third-order valence-corrected chi connectivity index (χ3v) is 4.59. The van der Waals surface area contributed by atoms with Crippen molar-refractivity contribution < 1.29 is 4.42 Å². The van der Waals surface area contributed by atoms with Crippen molar-refractivity contribution >= 4 is 27.7 Å². The Kier molecular flexibility index (Phi) is 4.40. The molecule has 0 N–H and O–H groups in total. The van der Waals surface area contributed by atoms with Crippen LogP contribution in [-0.4, -0.2) is 19.7 Å². The predicted molar refractivity (Wildman–Crippen MR) is 84.9 cm³/mol. The molecule has 3 rings (SSSR count). The van der Waals surface area contributed by atoms with Gasteiger partial charge in [-0.25, -0.2) is 4.98 Å². The first-order valence-corrected chi connectivity index (χ1v) is 8.27.